The molecule has 1 aromatic rings. The van der Waals surface area contributed by atoms with Crippen molar-refractivity contribution in [3.8, 4) is 0 Å². The van der Waals surface area contributed by atoms with Crippen LogP contribution in [0.2, 0.25) is 0 Å². The summed E-state index contributed by atoms with van der Waals surface area (Å²) in [6.07, 6.45) is 2.09. The number of likely N-dealkylation sites (tertiary alicyclic amines) is 1. The van der Waals surface area contributed by atoms with Gasteiger partial charge in [0.1, 0.15) is 11.6 Å². The zero-order valence-corrected chi connectivity index (χ0v) is 11.8. The molecule has 1 fully saturated rings. The van der Waals surface area contributed by atoms with Crippen LogP contribution in [0.15, 0.2) is 18.2 Å². The van der Waals surface area contributed by atoms with Crippen LogP contribution < -0.4 is 5.73 Å². The molecule has 2 rings (SSSR count). The maximum atomic E-state index is 13.9. The number of halogens is 2. The molecule has 3 nitrogen and oxygen atoms in total. The van der Waals surface area contributed by atoms with Crippen LogP contribution in [-0.4, -0.2) is 38.3 Å². The van der Waals surface area contributed by atoms with Crippen molar-refractivity contribution in [1.82, 2.24) is 4.90 Å². The van der Waals surface area contributed by atoms with Gasteiger partial charge in [0.2, 0.25) is 0 Å². The first-order chi connectivity index (χ1) is 9.67. The zero-order chi connectivity index (χ0) is 14.5. The van der Waals surface area contributed by atoms with Gasteiger partial charge in [0.05, 0.1) is 12.6 Å². The third-order valence-corrected chi connectivity index (χ3v) is 3.95. The Bertz CT molecular complexity index is 420. The minimum atomic E-state index is -0.519. The zero-order valence-electron chi connectivity index (χ0n) is 11.8. The summed E-state index contributed by atoms with van der Waals surface area (Å²) >= 11 is 0. The van der Waals surface area contributed by atoms with Crippen molar-refractivity contribution in [2.24, 2.45) is 11.7 Å². The first-order valence-electron chi connectivity index (χ1n) is 7.04. The van der Waals surface area contributed by atoms with E-state index in [-0.39, 0.29) is 12.1 Å². The molecule has 1 aliphatic heterocycles. The number of nitrogens with zero attached hydrogens (tertiary/aromatic N) is 1. The molecule has 0 aliphatic carbocycles. The van der Waals surface area contributed by atoms with Crippen molar-refractivity contribution in [2.75, 3.05) is 33.4 Å². The van der Waals surface area contributed by atoms with Crippen LogP contribution >= 0.6 is 0 Å². The monoisotopic (exact) mass is 284 g/mol. The molecule has 2 unspecified atom stereocenters. The van der Waals surface area contributed by atoms with Gasteiger partial charge in [0.25, 0.3) is 0 Å². The van der Waals surface area contributed by atoms with Crippen LogP contribution in [0.25, 0.3) is 0 Å². The Morgan fingerprint density at radius 3 is 2.70 bits per heavy atom. The largest absolute Gasteiger partial charge is 0.384 e. The topological polar surface area (TPSA) is 38.5 Å². The lowest BCUT2D eigenvalue weighted by Crippen LogP contribution is -2.42. The summed E-state index contributed by atoms with van der Waals surface area (Å²) in [6, 6.07) is 3.55. The van der Waals surface area contributed by atoms with Crippen LogP contribution in [-0.2, 0) is 4.74 Å². The summed E-state index contributed by atoms with van der Waals surface area (Å²) in [7, 11) is 1.68. The Balaban J connectivity index is 2.19. The van der Waals surface area contributed by atoms with Crippen molar-refractivity contribution in [3.63, 3.8) is 0 Å². The van der Waals surface area contributed by atoms with Gasteiger partial charge in [0.15, 0.2) is 0 Å². The summed E-state index contributed by atoms with van der Waals surface area (Å²) in [5, 5.41) is 0. The second kappa shape index (κ2) is 7.11. The van der Waals surface area contributed by atoms with Gasteiger partial charge in [-0.1, -0.05) is 6.07 Å². The van der Waals surface area contributed by atoms with Crippen molar-refractivity contribution in [1.29, 1.82) is 0 Å². The van der Waals surface area contributed by atoms with Crippen LogP contribution in [0.5, 0.6) is 0 Å². The lowest BCUT2D eigenvalue weighted by molar-refractivity contribution is 0.0678. The quantitative estimate of drug-likeness (QED) is 0.902. The summed E-state index contributed by atoms with van der Waals surface area (Å²) in [5.41, 5.74) is 5.88. The third-order valence-electron chi connectivity index (χ3n) is 3.95. The molecule has 2 N–H and O–H groups in total. The number of ether oxygens (including phenoxy) is 1. The number of methoxy groups -OCH3 is 1. The number of hydrogen-bond acceptors (Lipinski definition) is 3. The van der Waals surface area contributed by atoms with E-state index < -0.39 is 17.7 Å². The van der Waals surface area contributed by atoms with Gasteiger partial charge in [-0.25, -0.2) is 8.78 Å². The Morgan fingerprint density at radius 1 is 1.40 bits per heavy atom. The molecule has 0 radical (unpaired) electrons. The highest BCUT2D eigenvalue weighted by atomic mass is 19.1. The van der Waals surface area contributed by atoms with Crippen molar-refractivity contribution in [3.05, 3.63) is 35.4 Å². The fraction of sp³-hybridized carbons (Fsp3) is 0.600. The summed E-state index contributed by atoms with van der Waals surface area (Å²) in [4.78, 5) is 2.08. The molecule has 112 valence electrons. The van der Waals surface area contributed by atoms with E-state index >= 15 is 0 Å². The van der Waals surface area contributed by atoms with Crippen LogP contribution in [0.3, 0.4) is 0 Å². The summed E-state index contributed by atoms with van der Waals surface area (Å²) < 4.78 is 33.1. The van der Waals surface area contributed by atoms with E-state index in [1.54, 1.807) is 7.11 Å². The molecule has 20 heavy (non-hydrogen) atoms. The molecule has 5 heteroatoms. The van der Waals surface area contributed by atoms with Gasteiger partial charge in [-0.2, -0.15) is 0 Å². The Morgan fingerprint density at radius 2 is 2.10 bits per heavy atom. The molecule has 0 aromatic heterocycles. The van der Waals surface area contributed by atoms with Crippen molar-refractivity contribution in [2.45, 2.75) is 18.9 Å². The molecule has 0 saturated carbocycles. The molecule has 1 heterocycles. The number of hydrogen-bond donors (Lipinski definition) is 1. The van der Waals surface area contributed by atoms with E-state index in [1.165, 1.54) is 18.2 Å². The predicted octanol–water partition coefficient (Wildman–Crippen LogP) is 2.32. The molecule has 0 amide bonds. The minimum absolute atomic E-state index is 0.0908. The van der Waals surface area contributed by atoms with Gasteiger partial charge < -0.3 is 10.5 Å². The highest BCUT2D eigenvalue weighted by molar-refractivity contribution is 5.24. The molecule has 1 saturated heterocycles. The second-order valence-corrected chi connectivity index (χ2v) is 5.35. The molecule has 1 aromatic carbocycles. The van der Waals surface area contributed by atoms with E-state index in [0.29, 0.717) is 12.5 Å². The summed E-state index contributed by atoms with van der Waals surface area (Å²) in [6.45, 7) is 2.46. The van der Waals surface area contributed by atoms with Crippen molar-refractivity contribution >= 4 is 0 Å². The maximum absolute atomic E-state index is 13.9. The Kier molecular flexibility index (Phi) is 5.46. The first-order valence-corrected chi connectivity index (χ1v) is 7.04. The molecular formula is C15H22F2N2O. The fourth-order valence-electron chi connectivity index (χ4n) is 3.03. The number of piperidine rings is 1. The van der Waals surface area contributed by atoms with E-state index in [9.17, 15) is 8.78 Å². The maximum Gasteiger partial charge on any atom is 0.130 e. The Hall–Kier alpha value is -1.04. The van der Waals surface area contributed by atoms with Crippen molar-refractivity contribution < 1.29 is 13.5 Å². The number of nitrogens with two attached hydrogens (primary N) is 1. The van der Waals surface area contributed by atoms with Gasteiger partial charge >= 0.3 is 0 Å². The third kappa shape index (κ3) is 3.34. The van der Waals surface area contributed by atoms with E-state index in [2.05, 4.69) is 4.90 Å². The van der Waals surface area contributed by atoms with E-state index in [4.69, 9.17) is 10.5 Å². The summed E-state index contributed by atoms with van der Waals surface area (Å²) in [5.74, 6) is -0.638. The van der Waals surface area contributed by atoms with Gasteiger partial charge in [0, 0.05) is 25.8 Å². The predicted molar refractivity (Wildman–Crippen MR) is 74.3 cm³/mol. The molecule has 2 atom stereocenters. The van der Waals surface area contributed by atoms with Crippen LogP contribution in [0, 0.1) is 17.6 Å². The van der Waals surface area contributed by atoms with Gasteiger partial charge in [-0.05, 0) is 37.4 Å². The SMILES string of the molecule is COCC1CCCN(C(CN)c2c(F)cccc2F)C1. The molecule has 0 bridgehead atoms. The minimum Gasteiger partial charge on any atom is -0.384 e. The fourth-order valence-corrected chi connectivity index (χ4v) is 3.03. The van der Waals surface area contributed by atoms with Gasteiger partial charge in [-0.15, -0.1) is 0 Å². The average Bonchev–Trinajstić information content (AvgIpc) is 2.44. The smallest absolute Gasteiger partial charge is 0.130 e. The highest BCUT2D eigenvalue weighted by Crippen LogP contribution is 2.29. The molecular weight excluding hydrogens is 262 g/mol. The van der Waals surface area contributed by atoms with E-state index in [1.807, 2.05) is 0 Å². The van der Waals surface area contributed by atoms with Crippen LogP contribution in [0.4, 0.5) is 8.78 Å². The second-order valence-electron chi connectivity index (χ2n) is 5.35. The highest BCUT2D eigenvalue weighted by Gasteiger charge is 2.29. The standard InChI is InChI=1S/C15H22F2N2O/c1-20-10-11-4-3-7-19(9-11)14(8-18)15-12(16)5-2-6-13(15)17/h2,5-6,11,14H,3-4,7-10,18H2,1H3. The van der Waals surface area contributed by atoms with E-state index in [0.717, 1.165) is 25.9 Å². The lowest BCUT2D eigenvalue weighted by Gasteiger charge is -2.38. The van der Waals surface area contributed by atoms with Crippen LogP contribution in [0.1, 0.15) is 24.4 Å². The first kappa shape index (κ1) is 15.4. The lowest BCUT2D eigenvalue weighted by atomic mass is 9.95. The number of benzene rings is 1. The normalized spacial score (nSPS) is 21.9. The average molecular weight is 284 g/mol. The van der Waals surface area contributed by atoms with Gasteiger partial charge in [-0.3, -0.25) is 4.90 Å². The Labute approximate surface area is 118 Å². The number of rotatable bonds is 5. The molecule has 1 aliphatic rings. The molecule has 0 spiro atoms.